The van der Waals surface area contributed by atoms with E-state index in [0.717, 1.165) is 0 Å². The average Bonchev–Trinajstić information content (AvgIpc) is 2.69. The fourth-order valence-electron chi connectivity index (χ4n) is 2.57. The molecule has 2 aromatic carbocycles. The number of halogens is 2. The molecule has 0 saturated carbocycles. The Morgan fingerprint density at radius 2 is 2.03 bits per heavy atom. The highest BCUT2D eigenvalue weighted by atomic mass is 79.9. The number of carbonyl (C=O) groups excluding carboxylic acids is 1. The number of carbonyl (C=O) groups is 1. The molecule has 1 atom stereocenters. The smallest absolute Gasteiger partial charge is 0.349 e. The van der Waals surface area contributed by atoms with Crippen molar-refractivity contribution in [1.82, 2.24) is 9.66 Å². The topological polar surface area (TPSA) is 103 Å². The molecule has 0 aliphatic carbocycles. The van der Waals surface area contributed by atoms with Crippen LogP contribution in [0.15, 0.2) is 55.6 Å². The number of hydrogen-bond donors (Lipinski definition) is 1. The van der Waals surface area contributed by atoms with Gasteiger partial charge in [-0.15, -0.1) is 4.68 Å². The number of aromatic amines is 1. The van der Waals surface area contributed by atoms with Crippen LogP contribution in [0.5, 0.6) is 5.75 Å². The number of fused-ring (bicyclic) bond motifs is 1. The summed E-state index contributed by atoms with van der Waals surface area (Å²) in [7, 11) is 1.25. The Morgan fingerprint density at radius 3 is 2.76 bits per heavy atom. The zero-order chi connectivity index (χ0) is 21.1. The molecule has 0 aliphatic heterocycles. The van der Waals surface area contributed by atoms with Crippen LogP contribution in [0.2, 0.25) is 5.02 Å². The number of ether oxygens (including phenoxy) is 2. The molecule has 3 rings (SSSR count). The zero-order valence-corrected chi connectivity index (χ0v) is 17.7. The molecule has 0 fully saturated rings. The number of nitrogens with zero attached hydrogens (tertiary/aromatic N) is 2. The molecule has 150 valence electrons. The van der Waals surface area contributed by atoms with E-state index in [4.69, 9.17) is 16.3 Å². The molecule has 0 saturated heterocycles. The largest absolute Gasteiger partial charge is 0.477 e. The van der Waals surface area contributed by atoms with E-state index < -0.39 is 23.3 Å². The van der Waals surface area contributed by atoms with E-state index in [1.165, 1.54) is 26.3 Å². The Bertz CT molecular complexity index is 1230. The number of H-pyrrole nitrogens is 1. The monoisotopic (exact) mass is 479 g/mol. The van der Waals surface area contributed by atoms with Gasteiger partial charge >= 0.3 is 11.7 Å². The Labute approximate surface area is 177 Å². The van der Waals surface area contributed by atoms with Crippen molar-refractivity contribution in [2.45, 2.75) is 13.0 Å². The van der Waals surface area contributed by atoms with Crippen LogP contribution >= 0.6 is 27.5 Å². The molecule has 0 bridgehead atoms. The molecule has 10 heteroatoms. The number of methoxy groups -OCH3 is 1. The summed E-state index contributed by atoms with van der Waals surface area (Å²) >= 11 is 9.42. The van der Waals surface area contributed by atoms with E-state index >= 15 is 0 Å². The van der Waals surface area contributed by atoms with Crippen molar-refractivity contribution >= 4 is 50.6 Å². The zero-order valence-electron chi connectivity index (χ0n) is 15.3. The summed E-state index contributed by atoms with van der Waals surface area (Å²) in [5.74, 6) is -0.321. The summed E-state index contributed by atoms with van der Waals surface area (Å²) < 4.78 is 11.5. The summed E-state index contributed by atoms with van der Waals surface area (Å²) in [6, 6.07) is 9.70. The Kier molecular flexibility index (Phi) is 6.19. The molecule has 1 unspecified atom stereocenters. The van der Waals surface area contributed by atoms with Gasteiger partial charge in [-0.3, -0.25) is 4.79 Å². The highest BCUT2D eigenvalue weighted by Crippen LogP contribution is 2.32. The van der Waals surface area contributed by atoms with Crippen LogP contribution in [0.1, 0.15) is 12.5 Å². The first-order valence-corrected chi connectivity index (χ1v) is 9.51. The molecule has 1 N–H and O–H groups in total. The minimum atomic E-state index is -0.906. The minimum Gasteiger partial charge on any atom is -0.477 e. The van der Waals surface area contributed by atoms with Gasteiger partial charge in [-0.2, -0.15) is 5.10 Å². The summed E-state index contributed by atoms with van der Waals surface area (Å²) in [6.45, 7) is 1.52. The van der Waals surface area contributed by atoms with Crippen LogP contribution in [0, 0.1) is 0 Å². The number of hydrogen-bond acceptors (Lipinski definition) is 6. The highest BCUT2D eigenvalue weighted by molar-refractivity contribution is 9.10. The number of esters is 1. The molecule has 1 aromatic heterocycles. The van der Waals surface area contributed by atoms with Gasteiger partial charge in [0, 0.05) is 10.6 Å². The van der Waals surface area contributed by atoms with E-state index in [1.807, 2.05) is 0 Å². The normalized spacial score (nSPS) is 12.3. The van der Waals surface area contributed by atoms with Crippen molar-refractivity contribution in [3.63, 3.8) is 0 Å². The lowest BCUT2D eigenvalue weighted by atomic mass is 10.2. The van der Waals surface area contributed by atoms with Gasteiger partial charge in [-0.05, 0) is 47.1 Å². The molecule has 0 aliphatic rings. The second-order valence-electron chi connectivity index (χ2n) is 5.93. The third-order valence-corrected chi connectivity index (χ3v) is 4.77. The van der Waals surface area contributed by atoms with Gasteiger partial charge in [0.25, 0.3) is 5.56 Å². The third kappa shape index (κ3) is 4.41. The molecule has 3 aromatic rings. The second-order valence-corrected chi connectivity index (χ2v) is 7.22. The fraction of sp³-hybridized carbons (Fsp3) is 0.158. The van der Waals surface area contributed by atoms with E-state index in [0.29, 0.717) is 30.6 Å². The Morgan fingerprint density at radius 1 is 1.31 bits per heavy atom. The maximum Gasteiger partial charge on any atom is 0.349 e. The van der Waals surface area contributed by atoms with E-state index in [9.17, 15) is 14.4 Å². The molecular weight excluding hydrogens is 466 g/mol. The van der Waals surface area contributed by atoms with Crippen molar-refractivity contribution in [2.75, 3.05) is 7.11 Å². The lowest BCUT2D eigenvalue weighted by Gasteiger charge is -2.16. The molecule has 1 heterocycles. The van der Waals surface area contributed by atoms with Crippen LogP contribution in [-0.2, 0) is 9.53 Å². The van der Waals surface area contributed by atoms with Crippen LogP contribution in [0.4, 0.5) is 0 Å². The highest BCUT2D eigenvalue weighted by Gasteiger charge is 2.19. The first-order valence-electron chi connectivity index (χ1n) is 8.33. The van der Waals surface area contributed by atoms with Crippen molar-refractivity contribution in [3.8, 4) is 5.75 Å². The first-order chi connectivity index (χ1) is 13.8. The van der Waals surface area contributed by atoms with E-state index in [2.05, 4.69) is 30.8 Å². The molecule has 0 spiro atoms. The summed E-state index contributed by atoms with van der Waals surface area (Å²) in [5, 5.41) is 4.67. The maximum atomic E-state index is 12.6. The van der Waals surface area contributed by atoms with Crippen molar-refractivity contribution in [2.24, 2.45) is 5.10 Å². The van der Waals surface area contributed by atoms with E-state index in [-0.39, 0.29) is 5.75 Å². The number of benzene rings is 2. The van der Waals surface area contributed by atoms with Crippen LogP contribution in [-0.4, -0.2) is 35.1 Å². The molecule has 0 radical (unpaired) electrons. The second kappa shape index (κ2) is 8.62. The van der Waals surface area contributed by atoms with Gasteiger partial charge in [0.2, 0.25) is 0 Å². The Balaban J connectivity index is 2.08. The average molecular weight is 481 g/mol. The molecular formula is C19H15BrClN3O5. The summed E-state index contributed by atoms with van der Waals surface area (Å²) in [6.07, 6.45) is 0.345. The van der Waals surface area contributed by atoms with Crippen molar-refractivity contribution in [1.29, 1.82) is 0 Å². The van der Waals surface area contributed by atoms with Crippen LogP contribution in [0.3, 0.4) is 0 Å². The van der Waals surface area contributed by atoms with Crippen LogP contribution < -0.4 is 16.0 Å². The molecule has 0 amide bonds. The summed E-state index contributed by atoms with van der Waals surface area (Å²) in [5.41, 5.74) is -0.515. The van der Waals surface area contributed by atoms with E-state index in [1.54, 1.807) is 30.3 Å². The molecule has 29 heavy (non-hydrogen) atoms. The van der Waals surface area contributed by atoms with Gasteiger partial charge in [-0.1, -0.05) is 23.7 Å². The number of aromatic nitrogens is 2. The third-order valence-electron chi connectivity index (χ3n) is 3.96. The predicted octanol–water partition coefficient (Wildman–Crippen LogP) is 2.93. The standard InChI is InChI=1S/C19H15BrClN3O5/c1-10(18(26)28-2)29-16-11(7-12(21)8-14(16)20)9-22-24-17(25)13-5-3-4-6-15(13)23-19(24)27/h3-10H,1-2H3,(H,23,27). The van der Waals surface area contributed by atoms with Gasteiger partial charge in [0.1, 0.15) is 5.75 Å². The number of nitrogens with one attached hydrogen (secondary N) is 1. The lowest BCUT2D eigenvalue weighted by molar-refractivity contribution is -0.147. The van der Waals surface area contributed by atoms with Gasteiger partial charge in [0.05, 0.1) is 28.7 Å². The van der Waals surface area contributed by atoms with Crippen molar-refractivity contribution in [3.05, 3.63) is 72.3 Å². The summed E-state index contributed by atoms with van der Waals surface area (Å²) in [4.78, 5) is 39.1. The fourth-order valence-corrected chi connectivity index (χ4v) is 3.50. The van der Waals surface area contributed by atoms with Gasteiger partial charge in [0.15, 0.2) is 6.10 Å². The van der Waals surface area contributed by atoms with Crippen molar-refractivity contribution < 1.29 is 14.3 Å². The Hall–Kier alpha value is -2.91. The maximum absolute atomic E-state index is 12.6. The minimum absolute atomic E-state index is 0.251. The first kappa shape index (κ1) is 20.8. The predicted molar refractivity (Wildman–Crippen MR) is 113 cm³/mol. The van der Waals surface area contributed by atoms with Gasteiger partial charge < -0.3 is 14.5 Å². The number of para-hydroxylation sites is 1. The molecule has 8 nitrogen and oxygen atoms in total. The van der Waals surface area contributed by atoms with Gasteiger partial charge in [-0.25, -0.2) is 9.59 Å². The SMILES string of the molecule is COC(=O)C(C)Oc1c(Br)cc(Cl)cc1C=Nn1c(=O)[nH]c2ccccc2c1=O. The number of rotatable bonds is 5. The lowest BCUT2D eigenvalue weighted by Crippen LogP contribution is -2.32. The quantitative estimate of drug-likeness (QED) is 0.447. The van der Waals surface area contributed by atoms with Crippen LogP contribution in [0.25, 0.3) is 10.9 Å².